The first-order valence-electron chi connectivity index (χ1n) is 8.93. The van der Waals surface area contributed by atoms with Gasteiger partial charge in [0, 0.05) is 38.9 Å². The van der Waals surface area contributed by atoms with Gasteiger partial charge in [0.25, 0.3) is 0 Å². The number of ether oxygens (including phenoxy) is 1. The second-order valence-electron chi connectivity index (χ2n) is 6.12. The fraction of sp³-hybridized carbons (Fsp3) is 0.706. The van der Waals surface area contributed by atoms with Gasteiger partial charge in [0.05, 0.1) is 24.8 Å². The number of nitrogens with zero attached hydrogens (tertiary/aromatic N) is 3. The van der Waals surface area contributed by atoms with E-state index < -0.39 is 0 Å². The molecule has 1 aliphatic heterocycles. The van der Waals surface area contributed by atoms with Crippen molar-refractivity contribution in [1.82, 2.24) is 20.1 Å². The maximum atomic E-state index is 6.10. The normalized spacial score (nSPS) is 15.6. The van der Waals surface area contributed by atoms with Gasteiger partial charge in [-0.15, -0.1) is 24.0 Å². The van der Waals surface area contributed by atoms with Gasteiger partial charge in [0.15, 0.2) is 5.96 Å². The standard InChI is InChI=1S/C17H29Cl2N5O.HI/c1-3-20-17(22-13-14-12-15(18)16(19)23(14)2)21-6-4-5-7-24-8-10-25-11-9-24;/h12H,3-11,13H2,1-2H3,(H2,20,21,22);1H. The Labute approximate surface area is 183 Å². The summed E-state index contributed by atoms with van der Waals surface area (Å²) in [6.45, 7) is 9.31. The van der Waals surface area contributed by atoms with Crippen molar-refractivity contribution >= 4 is 53.1 Å². The number of hydrogen-bond acceptors (Lipinski definition) is 3. The molecule has 0 bridgehead atoms. The van der Waals surface area contributed by atoms with E-state index >= 15 is 0 Å². The van der Waals surface area contributed by atoms with E-state index in [0.717, 1.165) is 64.0 Å². The van der Waals surface area contributed by atoms with E-state index in [4.69, 9.17) is 27.9 Å². The largest absolute Gasteiger partial charge is 0.379 e. The van der Waals surface area contributed by atoms with Crippen LogP contribution in [-0.4, -0.2) is 61.4 Å². The highest BCUT2D eigenvalue weighted by molar-refractivity contribution is 14.0. The number of aliphatic imine (C=N–C) groups is 1. The third-order valence-electron chi connectivity index (χ3n) is 4.26. The van der Waals surface area contributed by atoms with Gasteiger partial charge in [-0.1, -0.05) is 23.2 Å². The van der Waals surface area contributed by atoms with Crippen LogP contribution in [0, 0.1) is 0 Å². The van der Waals surface area contributed by atoms with Crippen LogP contribution in [0.4, 0.5) is 0 Å². The molecule has 0 saturated carbocycles. The van der Waals surface area contributed by atoms with Crippen LogP contribution in [0.15, 0.2) is 11.1 Å². The quantitative estimate of drug-likeness (QED) is 0.241. The molecule has 9 heteroatoms. The van der Waals surface area contributed by atoms with Crippen molar-refractivity contribution in [2.45, 2.75) is 26.3 Å². The van der Waals surface area contributed by atoms with Crippen LogP contribution in [0.1, 0.15) is 25.5 Å². The van der Waals surface area contributed by atoms with Crippen molar-refractivity contribution in [3.05, 3.63) is 21.9 Å². The molecular formula is C17H30Cl2IN5O. The number of guanidine groups is 1. The smallest absolute Gasteiger partial charge is 0.191 e. The lowest BCUT2D eigenvalue weighted by atomic mass is 10.3. The maximum Gasteiger partial charge on any atom is 0.191 e. The van der Waals surface area contributed by atoms with Crippen molar-refractivity contribution in [2.24, 2.45) is 12.0 Å². The van der Waals surface area contributed by atoms with E-state index in [-0.39, 0.29) is 24.0 Å². The number of hydrogen-bond donors (Lipinski definition) is 2. The molecular weight excluding hydrogens is 488 g/mol. The molecule has 150 valence electrons. The van der Waals surface area contributed by atoms with Crippen LogP contribution in [0.2, 0.25) is 10.2 Å². The van der Waals surface area contributed by atoms with Crippen LogP contribution in [0.25, 0.3) is 0 Å². The molecule has 1 aliphatic rings. The number of morpholine rings is 1. The average molecular weight is 518 g/mol. The molecule has 2 N–H and O–H groups in total. The molecule has 0 spiro atoms. The van der Waals surface area contributed by atoms with Crippen molar-refractivity contribution in [1.29, 1.82) is 0 Å². The van der Waals surface area contributed by atoms with Gasteiger partial charge in [-0.05, 0) is 32.4 Å². The van der Waals surface area contributed by atoms with Crippen molar-refractivity contribution in [3.8, 4) is 0 Å². The van der Waals surface area contributed by atoms with E-state index in [9.17, 15) is 0 Å². The highest BCUT2D eigenvalue weighted by Gasteiger charge is 2.10. The molecule has 6 nitrogen and oxygen atoms in total. The van der Waals surface area contributed by atoms with Crippen molar-refractivity contribution < 1.29 is 4.74 Å². The molecule has 2 heterocycles. The van der Waals surface area contributed by atoms with E-state index in [2.05, 4.69) is 27.4 Å². The highest BCUT2D eigenvalue weighted by atomic mass is 127. The molecule has 2 rings (SSSR count). The first-order valence-corrected chi connectivity index (χ1v) is 9.69. The van der Waals surface area contributed by atoms with E-state index in [0.29, 0.717) is 16.7 Å². The summed E-state index contributed by atoms with van der Waals surface area (Å²) < 4.78 is 7.23. The van der Waals surface area contributed by atoms with Gasteiger partial charge >= 0.3 is 0 Å². The number of halogens is 3. The van der Waals surface area contributed by atoms with Crippen molar-refractivity contribution in [2.75, 3.05) is 45.9 Å². The highest BCUT2D eigenvalue weighted by Crippen LogP contribution is 2.25. The third-order valence-corrected chi connectivity index (χ3v) is 5.10. The fourth-order valence-electron chi connectivity index (χ4n) is 2.73. The summed E-state index contributed by atoms with van der Waals surface area (Å²) in [5.41, 5.74) is 0.986. The monoisotopic (exact) mass is 517 g/mol. The van der Waals surface area contributed by atoms with Crippen LogP contribution in [0.3, 0.4) is 0 Å². The van der Waals surface area contributed by atoms with Crippen LogP contribution >= 0.6 is 47.2 Å². The maximum absolute atomic E-state index is 6.10. The summed E-state index contributed by atoms with van der Waals surface area (Å²) in [5.74, 6) is 0.822. The van der Waals surface area contributed by atoms with Gasteiger partial charge in [-0.2, -0.15) is 0 Å². The molecule has 1 fully saturated rings. The molecule has 1 saturated heterocycles. The van der Waals surface area contributed by atoms with Crippen LogP contribution in [-0.2, 0) is 18.3 Å². The molecule has 0 unspecified atom stereocenters. The summed E-state index contributed by atoms with van der Waals surface area (Å²) in [6, 6.07) is 1.86. The molecule has 1 aromatic rings. The number of rotatable bonds is 8. The SMILES string of the molecule is CCNC(=NCc1cc(Cl)c(Cl)n1C)NCCCCN1CCOCC1.I. The molecule has 1 aromatic heterocycles. The molecule has 0 aromatic carbocycles. The Hall–Kier alpha value is -0.220. The zero-order valence-corrected chi connectivity index (χ0v) is 19.4. The summed E-state index contributed by atoms with van der Waals surface area (Å²) in [6.07, 6.45) is 2.29. The average Bonchev–Trinajstić information content (AvgIpc) is 2.87. The lowest BCUT2D eigenvalue weighted by Crippen LogP contribution is -2.39. The minimum absolute atomic E-state index is 0. The Bertz CT molecular complexity index is 562. The lowest BCUT2D eigenvalue weighted by Gasteiger charge is -2.26. The summed E-state index contributed by atoms with van der Waals surface area (Å²) >= 11 is 12.1. The first-order chi connectivity index (χ1) is 12.1. The number of nitrogens with one attached hydrogen (secondary N) is 2. The molecule has 0 radical (unpaired) electrons. The second-order valence-corrected chi connectivity index (χ2v) is 6.88. The van der Waals surface area contributed by atoms with Gasteiger partial charge in [-0.3, -0.25) is 4.90 Å². The zero-order chi connectivity index (χ0) is 18.1. The first kappa shape index (κ1) is 23.8. The number of aromatic nitrogens is 1. The Balaban J connectivity index is 0.00000338. The molecule has 26 heavy (non-hydrogen) atoms. The third kappa shape index (κ3) is 7.80. The predicted molar refractivity (Wildman–Crippen MR) is 120 cm³/mol. The van der Waals surface area contributed by atoms with Crippen LogP contribution < -0.4 is 10.6 Å². The lowest BCUT2D eigenvalue weighted by molar-refractivity contribution is 0.0372. The molecule has 0 amide bonds. The molecule has 0 aliphatic carbocycles. The summed E-state index contributed by atoms with van der Waals surface area (Å²) in [7, 11) is 1.89. The summed E-state index contributed by atoms with van der Waals surface area (Å²) in [5, 5.41) is 7.77. The Morgan fingerprint density at radius 3 is 2.58 bits per heavy atom. The summed E-state index contributed by atoms with van der Waals surface area (Å²) in [4.78, 5) is 7.08. The zero-order valence-electron chi connectivity index (χ0n) is 15.6. The van der Waals surface area contributed by atoms with Gasteiger partial charge in [0.2, 0.25) is 0 Å². The molecule has 0 atom stereocenters. The van der Waals surface area contributed by atoms with Crippen LogP contribution in [0.5, 0.6) is 0 Å². The van der Waals surface area contributed by atoms with E-state index in [1.54, 1.807) is 0 Å². The predicted octanol–water partition coefficient (Wildman–Crippen LogP) is 3.12. The Morgan fingerprint density at radius 1 is 1.23 bits per heavy atom. The van der Waals surface area contributed by atoms with E-state index in [1.807, 2.05) is 17.7 Å². The fourth-order valence-corrected chi connectivity index (χ4v) is 3.15. The minimum Gasteiger partial charge on any atom is -0.379 e. The second kappa shape index (κ2) is 13.0. The van der Waals surface area contributed by atoms with Gasteiger partial charge in [0.1, 0.15) is 5.15 Å². The van der Waals surface area contributed by atoms with Crippen molar-refractivity contribution in [3.63, 3.8) is 0 Å². The Kier molecular flexibility index (Phi) is 11.9. The Morgan fingerprint density at radius 2 is 1.96 bits per heavy atom. The minimum atomic E-state index is 0. The van der Waals surface area contributed by atoms with E-state index in [1.165, 1.54) is 6.42 Å². The van der Waals surface area contributed by atoms with Gasteiger partial charge < -0.3 is 19.9 Å². The van der Waals surface area contributed by atoms with Gasteiger partial charge in [-0.25, -0.2) is 4.99 Å². The number of unbranched alkanes of at least 4 members (excludes halogenated alkanes) is 1. The topological polar surface area (TPSA) is 53.8 Å².